The lowest BCUT2D eigenvalue weighted by atomic mass is 10.0. The third-order valence-electron chi connectivity index (χ3n) is 17.2. The van der Waals surface area contributed by atoms with Crippen molar-refractivity contribution in [3.05, 3.63) is 0 Å². The Morgan fingerprint density at radius 1 is 0.220 bits per heavy atom. The van der Waals surface area contributed by atoms with Crippen LogP contribution in [0.3, 0.4) is 0 Å². The van der Waals surface area contributed by atoms with E-state index in [9.17, 15) is 112 Å². The van der Waals surface area contributed by atoms with Crippen LogP contribution in [0.15, 0.2) is 0 Å². The Balaban J connectivity index is 0.646. The molecule has 22 N–H and O–H groups in total. The molecule has 0 saturated carbocycles. The van der Waals surface area contributed by atoms with Crippen LogP contribution in [0.25, 0.3) is 0 Å². The Morgan fingerprint density at radius 3 is 0.769 bits per heavy atom. The molecule has 10 aliphatic rings. The minimum Gasteiger partial charge on any atom is -0.394 e. The molecule has 0 spiro atoms. The summed E-state index contributed by atoms with van der Waals surface area (Å²) in [6.45, 7) is -5.50. The third kappa shape index (κ3) is 15.6. The summed E-state index contributed by atoms with van der Waals surface area (Å²) in [4.78, 5) is 0. The van der Waals surface area contributed by atoms with Crippen LogP contribution in [-0.2, 0) is 90.0 Å². The average Bonchev–Trinajstić information content (AvgIpc) is 1.67. The van der Waals surface area contributed by atoms with Crippen molar-refractivity contribution >= 4 is 0 Å². The van der Waals surface area contributed by atoms with Gasteiger partial charge in [-0.15, -0.1) is 0 Å². The van der Waals surface area contributed by atoms with E-state index in [2.05, 4.69) is 0 Å². The molecule has 0 aromatic rings. The van der Waals surface area contributed by atoms with Gasteiger partial charge in [-0.25, -0.2) is 0 Å². The van der Waals surface area contributed by atoms with Crippen LogP contribution in [0.1, 0.15) is 0 Å². The summed E-state index contributed by atoms with van der Waals surface area (Å²) in [5, 5.41) is 234. The Kier molecular flexibility index (Phi) is 24.6. The molecule has 528 valence electrons. The predicted molar refractivity (Wildman–Crippen MR) is 270 cm³/mol. The summed E-state index contributed by atoms with van der Waals surface area (Å²) in [6.07, 6.45) is -67.6. The molecule has 0 aromatic heterocycles. The van der Waals surface area contributed by atoms with E-state index in [-0.39, 0.29) is 0 Å². The number of aliphatic hydroxyl groups excluding tert-OH is 22. The molecule has 10 rings (SSSR count). The lowest BCUT2D eigenvalue weighted by molar-refractivity contribution is -0.374. The molecule has 10 heterocycles. The highest BCUT2D eigenvalue weighted by Crippen LogP contribution is 2.36. The van der Waals surface area contributed by atoms with Crippen LogP contribution in [0.5, 0.6) is 0 Å². The summed E-state index contributed by atoms with van der Waals surface area (Å²) >= 11 is 0. The maximum Gasteiger partial charge on any atom is 0.187 e. The first-order chi connectivity index (χ1) is 43.3. The number of hydrogen-bond acceptors (Lipinski definition) is 41. The fourth-order valence-electron chi connectivity index (χ4n) is 11.5. The molecular formula is C50H82O41. The van der Waals surface area contributed by atoms with Crippen LogP contribution in [0.2, 0.25) is 0 Å². The van der Waals surface area contributed by atoms with Gasteiger partial charge in [-0.1, -0.05) is 0 Å². The van der Waals surface area contributed by atoms with Gasteiger partial charge in [-0.2, -0.15) is 0 Å². The van der Waals surface area contributed by atoms with Crippen molar-refractivity contribution in [2.75, 3.05) is 66.1 Å². The molecule has 10 saturated heterocycles. The van der Waals surface area contributed by atoms with E-state index in [1.807, 2.05) is 0 Å². The first kappa shape index (κ1) is 72.1. The first-order valence-corrected chi connectivity index (χ1v) is 29.3. The summed E-state index contributed by atoms with van der Waals surface area (Å²) in [5.41, 5.74) is 0. The Bertz CT molecular complexity index is 2240. The van der Waals surface area contributed by atoms with Gasteiger partial charge in [-0.3, -0.25) is 0 Å². The first-order valence-electron chi connectivity index (χ1n) is 29.3. The topological polar surface area (TPSA) is 620 Å². The van der Waals surface area contributed by atoms with Crippen molar-refractivity contribution in [2.24, 2.45) is 0 Å². The van der Waals surface area contributed by atoms with E-state index < -0.39 is 312 Å². The zero-order chi connectivity index (χ0) is 65.6. The third-order valence-corrected chi connectivity index (χ3v) is 17.2. The van der Waals surface area contributed by atoms with E-state index in [1.165, 1.54) is 0 Å². The van der Waals surface area contributed by atoms with Gasteiger partial charge in [-0.05, 0) is 0 Å². The van der Waals surface area contributed by atoms with Gasteiger partial charge in [0, 0.05) is 0 Å². The van der Waals surface area contributed by atoms with Crippen molar-refractivity contribution in [2.45, 2.75) is 246 Å². The minimum absolute atomic E-state index is 0.400. The molecule has 10 unspecified atom stereocenters. The van der Waals surface area contributed by atoms with Crippen LogP contribution in [0, 0.1) is 0 Å². The Labute approximate surface area is 513 Å². The number of aliphatic hydroxyl groups is 22. The van der Waals surface area contributed by atoms with E-state index in [1.54, 1.807) is 0 Å². The van der Waals surface area contributed by atoms with E-state index in [0.717, 1.165) is 0 Å². The van der Waals surface area contributed by atoms with E-state index in [0.29, 0.717) is 0 Å². The lowest BCUT2D eigenvalue weighted by Gasteiger charge is -2.46. The standard InChI is InChI=1S/C50H82O41/c51-1-12-22(54)39(71)49(82-12)91-40-30(62)20(89-42-32(64)21(53)11(52)2-74-42)10-81-50(40)90-19-9-80-48(38(70)29(19)61)88-18-8-79-47(37(69)28(18)60)87-17-7-78-46(36(68)27(17)59)86-16-6-77-45(35(67)26(16)58)85-15-5-76-44(34(66)25(15)57)84-14-4-75-43(33(65)24(14)56)83-13-3-73-41(72)31(63)23(13)55/h11-72H,1-10H2/t11-,12+,13-,14-,15-,16-,17-,18-,19-,20-,21+,22-,23+,24+,25+,26+,27+,28+,29+,30+,31?,32?,33?,34?,35?,36?,37?,38?,39?,40?,41-,42+,43+,44-,45-,46-,47-,48-,49+,50+/m1/s1. The molecule has 41 heteroatoms. The zero-order valence-corrected chi connectivity index (χ0v) is 47.8. The van der Waals surface area contributed by atoms with Crippen molar-refractivity contribution in [3.63, 3.8) is 0 Å². The number of ether oxygens (including phenoxy) is 19. The van der Waals surface area contributed by atoms with Gasteiger partial charge < -0.3 is 202 Å². The Morgan fingerprint density at radius 2 is 0.462 bits per heavy atom. The molecule has 10 aliphatic heterocycles. The summed E-state index contributed by atoms with van der Waals surface area (Å²) in [5.74, 6) is 0. The molecule has 10 fully saturated rings. The average molecular weight is 1340 g/mol. The van der Waals surface area contributed by atoms with E-state index in [4.69, 9.17) is 90.0 Å². The molecule has 0 aromatic carbocycles. The fraction of sp³-hybridized carbons (Fsp3) is 1.00. The molecule has 91 heavy (non-hydrogen) atoms. The SMILES string of the molecule is OC[C@@H]1O[C@@H](OC2[C@H](O[C@@H]3CO[C@H](O[C@@H]4CO[C@H](O[C@@H]5CO[C@H](O[C@@H]6CO[C@H](O[C@@H]7CO[C@H](O[C@@H]8CO[C@@H](O[C@@H]9CO[C@@H](O)C(O)[C@H]9O)C(O)[C@H]8O)C(O)[C@H]7O)C(O)[C@H]6O)C(O)[C@H]5O)C(O)[C@H]4O)C(O)[C@H]3O)OC[C@@H](O[C@@H]3OC[C@@H](O)[C@H](O)C3O)[C@@H]2O)C(O)[C@@H]1O. The normalized spacial score (nSPS) is 54.5. The molecule has 41 nitrogen and oxygen atoms in total. The monoisotopic (exact) mass is 1340 g/mol. The number of hydrogen-bond donors (Lipinski definition) is 22. The summed E-state index contributed by atoms with van der Waals surface area (Å²) in [7, 11) is 0. The van der Waals surface area contributed by atoms with Crippen LogP contribution >= 0.6 is 0 Å². The number of rotatable bonds is 19. The lowest BCUT2D eigenvalue weighted by Crippen LogP contribution is -2.64. The van der Waals surface area contributed by atoms with Gasteiger partial charge >= 0.3 is 0 Å². The smallest absolute Gasteiger partial charge is 0.187 e. The highest BCUT2D eigenvalue weighted by molar-refractivity contribution is 4.97. The van der Waals surface area contributed by atoms with Crippen LogP contribution < -0.4 is 0 Å². The van der Waals surface area contributed by atoms with E-state index >= 15 is 0 Å². The van der Waals surface area contributed by atoms with Crippen molar-refractivity contribution < 1.29 is 202 Å². The largest absolute Gasteiger partial charge is 0.394 e. The second-order valence-electron chi connectivity index (χ2n) is 23.4. The van der Waals surface area contributed by atoms with Gasteiger partial charge in [0.15, 0.2) is 62.9 Å². The van der Waals surface area contributed by atoms with Crippen molar-refractivity contribution in [1.29, 1.82) is 0 Å². The predicted octanol–water partition coefficient (Wildman–Crippen LogP) is -16.4. The van der Waals surface area contributed by atoms with Gasteiger partial charge in [0.25, 0.3) is 0 Å². The highest BCUT2D eigenvalue weighted by Gasteiger charge is 2.56. The zero-order valence-electron chi connectivity index (χ0n) is 47.8. The van der Waals surface area contributed by atoms with Crippen LogP contribution in [0.4, 0.5) is 0 Å². The maximum absolute atomic E-state index is 11.5. The molecular weight excluding hydrogens is 1260 g/mol. The maximum atomic E-state index is 11.5. The molecule has 0 amide bonds. The van der Waals surface area contributed by atoms with Gasteiger partial charge in [0.1, 0.15) is 183 Å². The molecule has 0 bridgehead atoms. The van der Waals surface area contributed by atoms with Gasteiger partial charge in [0.2, 0.25) is 0 Å². The quantitative estimate of drug-likeness (QED) is 0.0571. The van der Waals surface area contributed by atoms with Crippen molar-refractivity contribution in [3.8, 4) is 0 Å². The second-order valence-corrected chi connectivity index (χ2v) is 23.4. The molecule has 0 aliphatic carbocycles. The minimum atomic E-state index is -1.98. The fourth-order valence-corrected chi connectivity index (χ4v) is 11.5. The highest BCUT2D eigenvalue weighted by atomic mass is 16.8. The Hall–Kier alpha value is -1.64. The molecule has 40 atom stereocenters. The second kappa shape index (κ2) is 31.1. The molecule has 0 radical (unpaired) electrons. The van der Waals surface area contributed by atoms with Crippen molar-refractivity contribution in [1.82, 2.24) is 0 Å². The van der Waals surface area contributed by atoms with Gasteiger partial charge in [0.05, 0.1) is 66.1 Å². The summed E-state index contributed by atoms with van der Waals surface area (Å²) < 4.78 is 106. The van der Waals surface area contributed by atoms with Crippen LogP contribution in [-0.4, -0.2) is 424 Å². The summed E-state index contributed by atoms with van der Waals surface area (Å²) in [6, 6.07) is 0.